The number of benzene rings is 1. The molecule has 2 saturated heterocycles. The van der Waals surface area contributed by atoms with Gasteiger partial charge >= 0.3 is 6.09 Å². The van der Waals surface area contributed by atoms with Crippen molar-refractivity contribution in [3.05, 3.63) is 29.3 Å². The average molecular weight is 359 g/mol. The molecule has 140 valence electrons. The van der Waals surface area contributed by atoms with E-state index in [0.717, 1.165) is 11.1 Å². The molecule has 3 rings (SSSR count). The minimum absolute atomic E-state index is 0.170. The highest BCUT2D eigenvalue weighted by Gasteiger charge is 2.43. The Bertz CT molecular complexity index is 725. The number of hydrogen-bond acceptors (Lipinski definition) is 5. The maximum Gasteiger partial charge on any atom is 0.409 e. The predicted octanol–water partition coefficient (Wildman–Crippen LogP) is 1.71. The van der Waals surface area contributed by atoms with E-state index in [0.29, 0.717) is 38.5 Å². The molecule has 0 spiro atoms. The van der Waals surface area contributed by atoms with Crippen molar-refractivity contribution in [2.75, 3.05) is 37.7 Å². The Morgan fingerprint density at radius 1 is 1.12 bits per heavy atom. The molecule has 0 radical (unpaired) electrons. The van der Waals surface area contributed by atoms with Gasteiger partial charge in [-0.2, -0.15) is 0 Å². The lowest BCUT2D eigenvalue weighted by atomic mass is 10.1. The Kier molecular flexibility index (Phi) is 5.27. The summed E-state index contributed by atoms with van der Waals surface area (Å²) in [6.45, 7) is 8.21. The third kappa shape index (κ3) is 3.44. The van der Waals surface area contributed by atoms with E-state index in [-0.39, 0.29) is 24.3 Å². The van der Waals surface area contributed by atoms with Crippen molar-refractivity contribution in [2.24, 2.45) is 0 Å². The monoisotopic (exact) mass is 359 g/mol. The summed E-state index contributed by atoms with van der Waals surface area (Å²) in [6, 6.07) is 5.18. The second-order valence-electron chi connectivity index (χ2n) is 6.78. The van der Waals surface area contributed by atoms with Crippen LogP contribution in [0.1, 0.15) is 24.5 Å². The van der Waals surface area contributed by atoms with Gasteiger partial charge in [-0.05, 0) is 44.0 Å². The number of carbonyl (C=O) groups excluding carboxylic acids is 3. The van der Waals surface area contributed by atoms with Crippen LogP contribution in [-0.2, 0) is 14.3 Å². The molecule has 2 fully saturated rings. The highest BCUT2D eigenvalue weighted by atomic mass is 16.6. The standard InChI is InChI=1S/C19H25N3O4/c1-4-26-19(25)21-9-7-20(8-10-21)16-12-17(23)22(18(16)24)15-6-5-13(2)14(3)11-15/h5-6,11,16H,4,7-10,12H2,1-3H3. The van der Waals surface area contributed by atoms with Crippen molar-refractivity contribution in [3.8, 4) is 0 Å². The maximum absolute atomic E-state index is 12.9. The third-order valence-electron chi connectivity index (χ3n) is 5.15. The first-order valence-corrected chi connectivity index (χ1v) is 9.02. The molecule has 0 aromatic heterocycles. The topological polar surface area (TPSA) is 70.2 Å². The minimum atomic E-state index is -0.451. The van der Waals surface area contributed by atoms with Crippen LogP contribution in [0.4, 0.5) is 10.5 Å². The fourth-order valence-electron chi connectivity index (χ4n) is 3.47. The number of piperazine rings is 1. The Labute approximate surface area is 153 Å². The molecule has 1 aromatic rings. The Morgan fingerprint density at radius 2 is 1.81 bits per heavy atom. The molecule has 0 N–H and O–H groups in total. The van der Waals surface area contributed by atoms with E-state index >= 15 is 0 Å². The number of ether oxygens (including phenoxy) is 1. The quantitative estimate of drug-likeness (QED) is 0.769. The van der Waals surface area contributed by atoms with E-state index in [2.05, 4.69) is 0 Å². The molecule has 0 aliphatic carbocycles. The number of amides is 3. The molecule has 2 heterocycles. The molecular formula is C19H25N3O4. The largest absolute Gasteiger partial charge is 0.450 e. The summed E-state index contributed by atoms with van der Waals surface area (Å²) in [5.41, 5.74) is 2.81. The van der Waals surface area contributed by atoms with Crippen LogP contribution < -0.4 is 4.90 Å². The van der Waals surface area contributed by atoms with Crippen molar-refractivity contribution in [2.45, 2.75) is 33.2 Å². The molecule has 26 heavy (non-hydrogen) atoms. The van der Waals surface area contributed by atoms with Gasteiger partial charge < -0.3 is 9.64 Å². The predicted molar refractivity (Wildman–Crippen MR) is 97.0 cm³/mol. The van der Waals surface area contributed by atoms with Gasteiger partial charge in [-0.1, -0.05) is 6.07 Å². The van der Waals surface area contributed by atoms with Gasteiger partial charge in [0.05, 0.1) is 24.8 Å². The Balaban J connectivity index is 1.68. The number of imide groups is 1. The van der Waals surface area contributed by atoms with Crippen LogP contribution in [0.5, 0.6) is 0 Å². The van der Waals surface area contributed by atoms with Gasteiger partial charge in [0.25, 0.3) is 5.91 Å². The van der Waals surface area contributed by atoms with Crippen molar-refractivity contribution in [1.82, 2.24) is 9.80 Å². The second kappa shape index (κ2) is 7.45. The molecule has 1 unspecified atom stereocenters. The van der Waals surface area contributed by atoms with Gasteiger partial charge in [0, 0.05) is 26.2 Å². The van der Waals surface area contributed by atoms with Crippen molar-refractivity contribution in [1.29, 1.82) is 0 Å². The summed E-state index contributed by atoms with van der Waals surface area (Å²) in [5, 5.41) is 0. The smallest absolute Gasteiger partial charge is 0.409 e. The summed E-state index contributed by atoms with van der Waals surface area (Å²) in [7, 11) is 0. The summed E-state index contributed by atoms with van der Waals surface area (Å²) < 4.78 is 5.02. The molecule has 2 aliphatic heterocycles. The second-order valence-corrected chi connectivity index (χ2v) is 6.78. The third-order valence-corrected chi connectivity index (χ3v) is 5.15. The first-order chi connectivity index (χ1) is 12.4. The number of nitrogens with zero attached hydrogens (tertiary/aromatic N) is 3. The number of rotatable bonds is 3. The molecule has 1 atom stereocenters. The van der Waals surface area contributed by atoms with Crippen LogP contribution in [-0.4, -0.2) is 66.5 Å². The minimum Gasteiger partial charge on any atom is -0.450 e. The number of anilines is 1. The molecule has 0 bridgehead atoms. The average Bonchev–Trinajstić information content (AvgIpc) is 2.92. The van der Waals surface area contributed by atoms with Gasteiger partial charge in [0.1, 0.15) is 0 Å². The van der Waals surface area contributed by atoms with Gasteiger partial charge in [-0.25, -0.2) is 9.69 Å². The number of aryl methyl sites for hydroxylation is 2. The van der Waals surface area contributed by atoms with Crippen LogP contribution in [0.3, 0.4) is 0 Å². The molecular weight excluding hydrogens is 334 g/mol. The van der Waals surface area contributed by atoms with Gasteiger partial charge in [-0.15, -0.1) is 0 Å². The molecule has 7 nitrogen and oxygen atoms in total. The zero-order chi connectivity index (χ0) is 18.8. The summed E-state index contributed by atoms with van der Waals surface area (Å²) in [6.07, 6.45) is -0.136. The first-order valence-electron chi connectivity index (χ1n) is 9.02. The molecule has 1 aromatic carbocycles. The van der Waals surface area contributed by atoms with E-state index in [1.807, 2.05) is 36.9 Å². The number of hydrogen-bond donors (Lipinski definition) is 0. The van der Waals surface area contributed by atoms with E-state index < -0.39 is 6.04 Å². The van der Waals surface area contributed by atoms with Crippen LogP contribution in [0.2, 0.25) is 0 Å². The SMILES string of the molecule is CCOC(=O)N1CCN(C2CC(=O)N(c3ccc(C)c(C)c3)C2=O)CC1. The fraction of sp³-hybridized carbons (Fsp3) is 0.526. The van der Waals surface area contributed by atoms with Crippen LogP contribution in [0.15, 0.2) is 18.2 Å². The highest BCUT2D eigenvalue weighted by Crippen LogP contribution is 2.27. The van der Waals surface area contributed by atoms with Crippen molar-refractivity contribution >= 4 is 23.6 Å². The molecule has 2 aliphatic rings. The van der Waals surface area contributed by atoms with E-state index in [1.54, 1.807) is 11.8 Å². The van der Waals surface area contributed by atoms with Crippen LogP contribution in [0.25, 0.3) is 0 Å². The van der Waals surface area contributed by atoms with Gasteiger partial charge in [0.2, 0.25) is 5.91 Å². The van der Waals surface area contributed by atoms with Crippen LogP contribution >= 0.6 is 0 Å². The molecule has 3 amide bonds. The highest BCUT2D eigenvalue weighted by molar-refractivity contribution is 6.22. The zero-order valence-electron chi connectivity index (χ0n) is 15.5. The molecule has 7 heteroatoms. The van der Waals surface area contributed by atoms with Crippen LogP contribution in [0, 0.1) is 13.8 Å². The Hall–Kier alpha value is -2.41. The summed E-state index contributed by atoms with van der Waals surface area (Å²) in [4.78, 5) is 42.1. The normalized spacial score (nSPS) is 21.4. The van der Waals surface area contributed by atoms with E-state index in [4.69, 9.17) is 4.74 Å². The Morgan fingerprint density at radius 3 is 2.42 bits per heavy atom. The van der Waals surface area contributed by atoms with E-state index in [1.165, 1.54) is 4.90 Å². The zero-order valence-corrected chi connectivity index (χ0v) is 15.5. The lowest BCUT2D eigenvalue weighted by Gasteiger charge is -2.36. The first kappa shape index (κ1) is 18.4. The lowest BCUT2D eigenvalue weighted by Crippen LogP contribution is -2.54. The van der Waals surface area contributed by atoms with Crippen molar-refractivity contribution in [3.63, 3.8) is 0 Å². The van der Waals surface area contributed by atoms with Gasteiger partial charge in [-0.3, -0.25) is 14.5 Å². The molecule has 0 saturated carbocycles. The summed E-state index contributed by atoms with van der Waals surface area (Å²) >= 11 is 0. The lowest BCUT2D eigenvalue weighted by molar-refractivity contribution is -0.123. The number of carbonyl (C=O) groups is 3. The summed E-state index contributed by atoms with van der Waals surface area (Å²) in [5.74, 6) is -0.348. The van der Waals surface area contributed by atoms with Gasteiger partial charge in [0.15, 0.2) is 0 Å². The maximum atomic E-state index is 12.9. The van der Waals surface area contributed by atoms with Crippen molar-refractivity contribution < 1.29 is 19.1 Å². The van der Waals surface area contributed by atoms with E-state index in [9.17, 15) is 14.4 Å². The fourth-order valence-corrected chi connectivity index (χ4v) is 3.47.